The first-order valence-electron chi connectivity index (χ1n) is 4.96. The van der Waals surface area contributed by atoms with Gasteiger partial charge in [0.1, 0.15) is 0 Å². The van der Waals surface area contributed by atoms with Crippen LogP contribution in [0.25, 0.3) is 0 Å². The van der Waals surface area contributed by atoms with Gasteiger partial charge in [-0.15, -0.1) is 0 Å². The first-order valence-corrected chi connectivity index (χ1v) is 4.96. The average molecular weight is 202 g/mol. The van der Waals surface area contributed by atoms with Gasteiger partial charge in [0.2, 0.25) is 0 Å². The lowest BCUT2D eigenvalue weighted by atomic mass is 10.0. The quantitative estimate of drug-likeness (QED) is 0.673. The molecule has 0 saturated carbocycles. The highest BCUT2D eigenvalue weighted by atomic mass is 16.7. The molecule has 0 aromatic carbocycles. The number of nitrogens with one attached hydrogen (secondary N) is 1. The highest BCUT2D eigenvalue weighted by Gasteiger charge is 2.18. The Hall–Kier alpha value is -0.610. The Morgan fingerprint density at radius 2 is 1.93 bits per heavy atom. The average Bonchev–Trinajstić information content (AvgIpc) is 1.97. The zero-order valence-electron chi connectivity index (χ0n) is 9.76. The number of hydroxylamine groups is 1. The van der Waals surface area contributed by atoms with Gasteiger partial charge in [-0.3, -0.25) is 9.63 Å². The standard InChI is InChI=1S/C10H22N2O2/c1-7(2)6-8(11)9(13)12-14-10(3,4)5/h7-8H,6,11H2,1-5H3,(H,12,13)/t8-/m0/s1. The van der Waals surface area contributed by atoms with Crippen molar-refractivity contribution in [3.63, 3.8) is 0 Å². The van der Waals surface area contributed by atoms with E-state index in [1.807, 2.05) is 34.6 Å². The molecule has 0 bridgehead atoms. The van der Waals surface area contributed by atoms with Crippen molar-refractivity contribution in [2.45, 2.75) is 52.7 Å². The van der Waals surface area contributed by atoms with Gasteiger partial charge in [0.25, 0.3) is 5.91 Å². The summed E-state index contributed by atoms with van der Waals surface area (Å²) in [4.78, 5) is 16.5. The third-order valence-electron chi connectivity index (χ3n) is 1.52. The van der Waals surface area contributed by atoms with Gasteiger partial charge in [0.05, 0.1) is 11.6 Å². The van der Waals surface area contributed by atoms with Gasteiger partial charge in [-0.05, 0) is 33.1 Å². The summed E-state index contributed by atoms with van der Waals surface area (Å²) < 4.78 is 0. The predicted molar refractivity (Wildman–Crippen MR) is 56.4 cm³/mol. The third-order valence-corrected chi connectivity index (χ3v) is 1.52. The first kappa shape index (κ1) is 13.4. The van der Waals surface area contributed by atoms with E-state index in [0.29, 0.717) is 12.3 Å². The van der Waals surface area contributed by atoms with Gasteiger partial charge in [-0.1, -0.05) is 13.8 Å². The lowest BCUT2D eigenvalue weighted by molar-refractivity contribution is -0.147. The van der Waals surface area contributed by atoms with Crippen molar-refractivity contribution in [2.75, 3.05) is 0 Å². The molecule has 0 radical (unpaired) electrons. The predicted octanol–water partition coefficient (Wildman–Crippen LogP) is 1.21. The van der Waals surface area contributed by atoms with E-state index < -0.39 is 6.04 Å². The van der Waals surface area contributed by atoms with E-state index >= 15 is 0 Å². The Labute approximate surface area is 86.1 Å². The molecule has 0 saturated heterocycles. The Morgan fingerprint density at radius 1 is 1.43 bits per heavy atom. The highest BCUT2D eigenvalue weighted by Crippen LogP contribution is 2.05. The zero-order valence-corrected chi connectivity index (χ0v) is 9.76. The maximum atomic E-state index is 11.4. The molecule has 3 N–H and O–H groups in total. The van der Waals surface area contributed by atoms with E-state index in [1.54, 1.807) is 0 Å². The van der Waals surface area contributed by atoms with Crippen LogP contribution >= 0.6 is 0 Å². The van der Waals surface area contributed by atoms with Gasteiger partial charge < -0.3 is 5.73 Å². The van der Waals surface area contributed by atoms with Gasteiger partial charge in [-0.25, -0.2) is 5.48 Å². The van der Waals surface area contributed by atoms with Gasteiger partial charge in [0.15, 0.2) is 0 Å². The minimum atomic E-state index is -0.489. The van der Waals surface area contributed by atoms with E-state index in [9.17, 15) is 4.79 Å². The molecule has 0 fully saturated rings. The first-order chi connectivity index (χ1) is 6.22. The van der Waals surface area contributed by atoms with Gasteiger partial charge in [0, 0.05) is 0 Å². The van der Waals surface area contributed by atoms with Crippen LogP contribution in [0.3, 0.4) is 0 Å². The van der Waals surface area contributed by atoms with Crippen molar-refractivity contribution < 1.29 is 9.63 Å². The van der Waals surface area contributed by atoms with E-state index in [0.717, 1.165) is 0 Å². The molecule has 0 heterocycles. The highest BCUT2D eigenvalue weighted by molar-refractivity contribution is 5.80. The summed E-state index contributed by atoms with van der Waals surface area (Å²) in [6.07, 6.45) is 0.666. The van der Waals surface area contributed by atoms with Crippen LogP contribution in [-0.2, 0) is 9.63 Å². The molecule has 0 rings (SSSR count). The van der Waals surface area contributed by atoms with Gasteiger partial charge in [-0.2, -0.15) is 0 Å². The van der Waals surface area contributed by atoms with E-state index in [-0.39, 0.29) is 11.5 Å². The summed E-state index contributed by atoms with van der Waals surface area (Å²) in [5, 5.41) is 0. The van der Waals surface area contributed by atoms with Crippen LogP contribution in [-0.4, -0.2) is 17.6 Å². The number of hydrogen-bond donors (Lipinski definition) is 2. The fraction of sp³-hybridized carbons (Fsp3) is 0.900. The molecule has 0 aliphatic heterocycles. The molecule has 14 heavy (non-hydrogen) atoms. The van der Waals surface area contributed by atoms with E-state index in [2.05, 4.69) is 5.48 Å². The van der Waals surface area contributed by atoms with Crippen molar-refractivity contribution in [3.8, 4) is 0 Å². The van der Waals surface area contributed by atoms with Crippen molar-refractivity contribution in [2.24, 2.45) is 11.7 Å². The van der Waals surface area contributed by atoms with Crippen molar-refractivity contribution in [1.82, 2.24) is 5.48 Å². The van der Waals surface area contributed by atoms with E-state index in [4.69, 9.17) is 10.6 Å². The summed E-state index contributed by atoms with van der Waals surface area (Å²) in [5.41, 5.74) is 7.64. The molecule has 4 nitrogen and oxygen atoms in total. The summed E-state index contributed by atoms with van der Waals surface area (Å²) in [6, 6.07) is -0.489. The lowest BCUT2D eigenvalue weighted by Crippen LogP contribution is -2.44. The number of amides is 1. The van der Waals surface area contributed by atoms with Crippen LogP contribution in [0.15, 0.2) is 0 Å². The topological polar surface area (TPSA) is 64.4 Å². The number of carbonyl (C=O) groups excluding carboxylic acids is 1. The normalized spacial score (nSPS) is 14.2. The molecule has 0 spiro atoms. The lowest BCUT2D eigenvalue weighted by Gasteiger charge is -2.21. The van der Waals surface area contributed by atoms with Crippen LogP contribution < -0.4 is 11.2 Å². The number of rotatable bonds is 4. The smallest absolute Gasteiger partial charge is 0.260 e. The summed E-state index contributed by atoms with van der Waals surface area (Å²) >= 11 is 0. The third kappa shape index (κ3) is 6.86. The zero-order chi connectivity index (χ0) is 11.4. The second-order valence-corrected chi connectivity index (χ2v) is 4.92. The minimum absolute atomic E-state index is 0.256. The molecule has 4 heteroatoms. The Kier molecular flexibility index (Phi) is 5.08. The van der Waals surface area contributed by atoms with E-state index in [1.165, 1.54) is 0 Å². The second-order valence-electron chi connectivity index (χ2n) is 4.92. The molecule has 84 valence electrons. The maximum Gasteiger partial charge on any atom is 0.260 e. The molecule has 1 atom stereocenters. The van der Waals surface area contributed by atoms with Crippen LogP contribution in [0, 0.1) is 5.92 Å². The Balaban J connectivity index is 3.85. The molecule has 0 aromatic rings. The summed E-state index contributed by atoms with van der Waals surface area (Å²) in [5.74, 6) is 0.152. The van der Waals surface area contributed by atoms with Crippen LogP contribution in [0.5, 0.6) is 0 Å². The SMILES string of the molecule is CC(C)C[C@H](N)C(=O)NOC(C)(C)C. The molecule has 0 unspecified atom stereocenters. The summed E-state index contributed by atoms with van der Waals surface area (Å²) in [6.45, 7) is 9.64. The second kappa shape index (κ2) is 5.32. The Morgan fingerprint density at radius 3 is 2.29 bits per heavy atom. The number of nitrogens with two attached hydrogens (primary N) is 1. The molecule has 0 aliphatic rings. The molecular formula is C10H22N2O2. The van der Waals surface area contributed by atoms with Crippen LogP contribution in [0.1, 0.15) is 41.0 Å². The molecule has 1 amide bonds. The Bertz CT molecular complexity index is 185. The molecule has 0 aliphatic carbocycles. The maximum absolute atomic E-state index is 11.4. The molecule has 0 aromatic heterocycles. The molecular weight excluding hydrogens is 180 g/mol. The number of carbonyl (C=O) groups is 1. The van der Waals surface area contributed by atoms with Crippen molar-refractivity contribution >= 4 is 5.91 Å². The monoisotopic (exact) mass is 202 g/mol. The largest absolute Gasteiger partial charge is 0.320 e. The van der Waals surface area contributed by atoms with Crippen LogP contribution in [0.4, 0.5) is 0 Å². The fourth-order valence-electron chi connectivity index (χ4n) is 0.894. The van der Waals surface area contributed by atoms with Crippen molar-refractivity contribution in [3.05, 3.63) is 0 Å². The number of hydrogen-bond acceptors (Lipinski definition) is 3. The van der Waals surface area contributed by atoms with Crippen molar-refractivity contribution in [1.29, 1.82) is 0 Å². The van der Waals surface area contributed by atoms with Gasteiger partial charge >= 0.3 is 0 Å². The minimum Gasteiger partial charge on any atom is -0.320 e. The fourth-order valence-corrected chi connectivity index (χ4v) is 0.894. The summed E-state index contributed by atoms with van der Waals surface area (Å²) in [7, 11) is 0. The van der Waals surface area contributed by atoms with Crippen LogP contribution in [0.2, 0.25) is 0 Å².